The van der Waals surface area contributed by atoms with E-state index in [1.54, 1.807) is 0 Å². The van der Waals surface area contributed by atoms with Gasteiger partial charge in [0.2, 0.25) is 0 Å². The molecule has 0 heterocycles. The molecule has 0 amide bonds. The van der Waals surface area contributed by atoms with Crippen LogP contribution in [0.2, 0.25) is 0 Å². The van der Waals surface area contributed by atoms with Crippen LogP contribution in [-0.2, 0) is 5.41 Å². The van der Waals surface area contributed by atoms with Crippen LogP contribution in [0.1, 0.15) is 25.0 Å². The Morgan fingerprint density at radius 2 is 1.93 bits per heavy atom. The number of hydrogen-bond acceptors (Lipinski definition) is 2. The van der Waals surface area contributed by atoms with Crippen LogP contribution < -0.4 is 5.73 Å². The summed E-state index contributed by atoms with van der Waals surface area (Å²) in [5.74, 6) is 0. The van der Waals surface area contributed by atoms with Crippen molar-refractivity contribution < 1.29 is 0 Å². The van der Waals surface area contributed by atoms with Gasteiger partial charge in [-0.1, -0.05) is 38.1 Å². The minimum Gasteiger partial charge on any atom is -0.398 e. The second-order valence-corrected chi connectivity index (χ2v) is 4.14. The molecular formula is C12H14N2. The number of rotatable bonds is 1. The van der Waals surface area contributed by atoms with Crippen LogP contribution in [-0.4, -0.2) is 6.21 Å². The topological polar surface area (TPSA) is 49.9 Å². The number of hydrogen-bond donors (Lipinski definition) is 2. The fourth-order valence-corrected chi connectivity index (χ4v) is 2.15. The van der Waals surface area contributed by atoms with Crippen molar-refractivity contribution in [1.29, 1.82) is 5.41 Å². The first-order chi connectivity index (χ1) is 6.59. The average molecular weight is 186 g/mol. The van der Waals surface area contributed by atoms with Gasteiger partial charge in [-0.3, -0.25) is 0 Å². The summed E-state index contributed by atoms with van der Waals surface area (Å²) in [5, 5.41) is 7.40. The van der Waals surface area contributed by atoms with Gasteiger partial charge in [0.1, 0.15) is 0 Å². The maximum Gasteiger partial charge on any atom is 0.0447 e. The zero-order valence-corrected chi connectivity index (χ0v) is 8.46. The van der Waals surface area contributed by atoms with Gasteiger partial charge in [-0.25, -0.2) is 0 Å². The van der Waals surface area contributed by atoms with Gasteiger partial charge in [0.05, 0.1) is 0 Å². The van der Waals surface area contributed by atoms with Crippen molar-refractivity contribution in [3.63, 3.8) is 0 Å². The van der Waals surface area contributed by atoms with Crippen LogP contribution in [0.5, 0.6) is 0 Å². The average Bonchev–Trinajstić information content (AvgIpc) is 2.36. The molecular weight excluding hydrogens is 172 g/mol. The van der Waals surface area contributed by atoms with Crippen LogP contribution in [0.4, 0.5) is 0 Å². The zero-order chi connectivity index (χ0) is 10.3. The molecule has 0 unspecified atom stereocenters. The van der Waals surface area contributed by atoms with Gasteiger partial charge in [-0.05, 0) is 5.56 Å². The normalized spacial score (nSPS) is 18.1. The fraction of sp³-hybridized carbons (Fsp3) is 0.250. The van der Waals surface area contributed by atoms with Gasteiger partial charge in [-0.15, -0.1) is 0 Å². The number of nitrogens with one attached hydrogen (secondary N) is 1. The number of nitrogens with two attached hydrogens (primary N) is 1. The minimum atomic E-state index is -0.123. The summed E-state index contributed by atoms with van der Waals surface area (Å²) >= 11 is 0. The maximum absolute atomic E-state index is 7.40. The lowest BCUT2D eigenvalue weighted by Gasteiger charge is -2.21. The molecule has 1 aromatic carbocycles. The van der Waals surface area contributed by atoms with E-state index in [1.807, 2.05) is 18.2 Å². The molecule has 1 aliphatic rings. The SMILES string of the molecule is CC1(C)C(C=N)=C(N)c2ccccc21. The summed E-state index contributed by atoms with van der Waals surface area (Å²) in [6.45, 7) is 4.21. The first-order valence-electron chi connectivity index (χ1n) is 4.69. The first kappa shape index (κ1) is 9.00. The molecule has 14 heavy (non-hydrogen) atoms. The third-order valence-corrected chi connectivity index (χ3v) is 3.00. The predicted octanol–water partition coefficient (Wildman–Crippen LogP) is 2.30. The summed E-state index contributed by atoms with van der Waals surface area (Å²) in [6, 6.07) is 8.09. The van der Waals surface area contributed by atoms with Gasteiger partial charge < -0.3 is 11.1 Å². The molecule has 2 nitrogen and oxygen atoms in total. The highest BCUT2D eigenvalue weighted by molar-refractivity contribution is 5.96. The maximum atomic E-state index is 7.40. The molecule has 0 spiro atoms. The molecule has 0 aromatic heterocycles. The minimum absolute atomic E-state index is 0.123. The lowest BCUT2D eigenvalue weighted by molar-refractivity contribution is 0.664. The van der Waals surface area contributed by atoms with Crippen LogP contribution in [0.15, 0.2) is 29.8 Å². The van der Waals surface area contributed by atoms with Crippen molar-refractivity contribution in [3.05, 3.63) is 41.0 Å². The lowest BCUT2D eigenvalue weighted by Crippen LogP contribution is -2.18. The highest BCUT2D eigenvalue weighted by Gasteiger charge is 2.35. The quantitative estimate of drug-likeness (QED) is 0.649. The second-order valence-electron chi connectivity index (χ2n) is 4.14. The van der Waals surface area contributed by atoms with E-state index in [9.17, 15) is 0 Å². The van der Waals surface area contributed by atoms with Crippen molar-refractivity contribution in [3.8, 4) is 0 Å². The monoisotopic (exact) mass is 186 g/mol. The smallest absolute Gasteiger partial charge is 0.0447 e. The Morgan fingerprint density at radius 3 is 2.50 bits per heavy atom. The largest absolute Gasteiger partial charge is 0.398 e. The molecule has 0 fully saturated rings. The number of fused-ring (bicyclic) bond motifs is 1. The molecule has 2 heteroatoms. The van der Waals surface area contributed by atoms with E-state index in [0.29, 0.717) is 0 Å². The van der Waals surface area contributed by atoms with Crippen LogP contribution in [0.3, 0.4) is 0 Å². The summed E-state index contributed by atoms with van der Waals surface area (Å²) < 4.78 is 0. The van der Waals surface area contributed by atoms with Crippen molar-refractivity contribution in [2.75, 3.05) is 0 Å². The summed E-state index contributed by atoms with van der Waals surface area (Å²) in [7, 11) is 0. The van der Waals surface area contributed by atoms with Crippen molar-refractivity contribution in [1.82, 2.24) is 0 Å². The molecule has 0 bridgehead atoms. The van der Waals surface area contributed by atoms with Gasteiger partial charge in [0, 0.05) is 28.5 Å². The van der Waals surface area contributed by atoms with Crippen molar-refractivity contribution >= 4 is 11.9 Å². The third-order valence-electron chi connectivity index (χ3n) is 3.00. The highest BCUT2D eigenvalue weighted by atomic mass is 14.6. The van der Waals surface area contributed by atoms with Crippen molar-refractivity contribution in [2.24, 2.45) is 5.73 Å². The van der Waals surface area contributed by atoms with E-state index in [2.05, 4.69) is 19.9 Å². The Morgan fingerprint density at radius 1 is 1.29 bits per heavy atom. The molecule has 0 saturated carbocycles. The molecule has 2 rings (SSSR count). The van der Waals surface area contributed by atoms with E-state index in [1.165, 1.54) is 11.8 Å². The Hall–Kier alpha value is -1.57. The Bertz CT molecular complexity index is 428. The highest BCUT2D eigenvalue weighted by Crippen LogP contribution is 2.42. The van der Waals surface area contributed by atoms with E-state index >= 15 is 0 Å². The van der Waals surface area contributed by atoms with Crippen LogP contribution >= 0.6 is 0 Å². The summed E-state index contributed by atoms with van der Waals surface area (Å²) in [4.78, 5) is 0. The summed E-state index contributed by atoms with van der Waals surface area (Å²) in [5.41, 5.74) is 9.85. The molecule has 0 saturated heterocycles. The lowest BCUT2D eigenvalue weighted by atomic mass is 9.82. The standard InChI is InChI=1S/C12H14N2/c1-12(2)9-6-4-3-5-8(9)11(14)10(12)7-13/h3-7,13H,14H2,1-2H3. The Kier molecular flexibility index (Phi) is 1.74. The molecule has 1 aliphatic carbocycles. The van der Waals surface area contributed by atoms with Gasteiger partial charge in [0.25, 0.3) is 0 Å². The van der Waals surface area contributed by atoms with E-state index in [0.717, 1.165) is 16.8 Å². The van der Waals surface area contributed by atoms with Crippen LogP contribution in [0, 0.1) is 5.41 Å². The predicted molar refractivity (Wildman–Crippen MR) is 59.4 cm³/mol. The van der Waals surface area contributed by atoms with Gasteiger partial charge >= 0.3 is 0 Å². The molecule has 0 atom stereocenters. The van der Waals surface area contributed by atoms with Crippen LogP contribution in [0.25, 0.3) is 5.70 Å². The molecule has 0 aliphatic heterocycles. The van der Waals surface area contributed by atoms with E-state index in [-0.39, 0.29) is 5.41 Å². The Balaban J connectivity index is 2.74. The molecule has 1 aromatic rings. The zero-order valence-electron chi connectivity index (χ0n) is 8.46. The number of allylic oxidation sites excluding steroid dienone is 1. The fourth-order valence-electron chi connectivity index (χ4n) is 2.15. The third kappa shape index (κ3) is 0.939. The Labute approximate surface area is 84.0 Å². The van der Waals surface area contributed by atoms with E-state index < -0.39 is 0 Å². The first-order valence-corrected chi connectivity index (χ1v) is 4.69. The molecule has 3 N–H and O–H groups in total. The number of benzene rings is 1. The van der Waals surface area contributed by atoms with E-state index in [4.69, 9.17) is 11.1 Å². The molecule has 0 radical (unpaired) electrons. The second kappa shape index (κ2) is 2.71. The van der Waals surface area contributed by atoms with Crippen molar-refractivity contribution in [2.45, 2.75) is 19.3 Å². The van der Waals surface area contributed by atoms with Gasteiger partial charge in [0.15, 0.2) is 0 Å². The molecule has 72 valence electrons. The summed E-state index contributed by atoms with van der Waals surface area (Å²) in [6.07, 6.45) is 1.37. The van der Waals surface area contributed by atoms with Gasteiger partial charge in [-0.2, -0.15) is 0 Å².